The van der Waals surface area contributed by atoms with Crippen LogP contribution >= 0.6 is 0 Å². The Labute approximate surface area is 91.4 Å². The van der Waals surface area contributed by atoms with Gasteiger partial charge in [0.25, 0.3) is 0 Å². The topological polar surface area (TPSA) is 52.3 Å². The molecule has 0 aromatic carbocycles. The van der Waals surface area contributed by atoms with Crippen molar-refractivity contribution in [2.24, 2.45) is 11.7 Å². The van der Waals surface area contributed by atoms with Crippen LogP contribution in [0.1, 0.15) is 44.9 Å². The van der Waals surface area contributed by atoms with Crippen molar-refractivity contribution in [1.29, 1.82) is 0 Å². The lowest BCUT2D eigenvalue weighted by atomic mass is 9.84. The highest BCUT2D eigenvalue weighted by Gasteiger charge is 2.34. The number of nitrogens with two attached hydrogens (primary N) is 1. The van der Waals surface area contributed by atoms with Crippen LogP contribution < -0.4 is 5.73 Å². The molecule has 2 rings (SSSR count). The van der Waals surface area contributed by atoms with Crippen LogP contribution in [-0.2, 0) is 9.53 Å². The van der Waals surface area contributed by atoms with Crippen molar-refractivity contribution >= 4 is 5.78 Å². The summed E-state index contributed by atoms with van der Waals surface area (Å²) in [5, 5.41) is 0. The molecule has 2 aliphatic rings. The average Bonchev–Trinajstić information content (AvgIpc) is 2.78. The number of carbonyl (C=O) groups is 1. The molecule has 3 nitrogen and oxygen atoms in total. The standard InChI is InChI=1S/C12H21NO2/c13-8-10-6-7-11(15-10)12(14)9-4-2-1-3-5-9/h9-11H,1-8,13H2. The maximum atomic E-state index is 12.1. The van der Waals surface area contributed by atoms with Crippen molar-refractivity contribution in [3.05, 3.63) is 0 Å². The number of ether oxygens (including phenoxy) is 1. The molecule has 0 bridgehead atoms. The van der Waals surface area contributed by atoms with Crippen LogP contribution in [0.25, 0.3) is 0 Å². The third kappa shape index (κ3) is 2.58. The molecule has 1 saturated heterocycles. The third-order valence-corrected chi connectivity index (χ3v) is 3.70. The van der Waals surface area contributed by atoms with Crippen LogP contribution in [0.3, 0.4) is 0 Å². The summed E-state index contributed by atoms with van der Waals surface area (Å²) in [6.45, 7) is 0.550. The Hall–Kier alpha value is -0.410. The van der Waals surface area contributed by atoms with Gasteiger partial charge in [-0.2, -0.15) is 0 Å². The molecule has 1 heterocycles. The minimum Gasteiger partial charge on any atom is -0.366 e. The van der Waals surface area contributed by atoms with E-state index in [1.165, 1.54) is 19.3 Å². The lowest BCUT2D eigenvalue weighted by molar-refractivity contribution is -0.134. The van der Waals surface area contributed by atoms with E-state index in [1.54, 1.807) is 0 Å². The van der Waals surface area contributed by atoms with E-state index in [-0.39, 0.29) is 18.1 Å². The van der Waals surface area contributed by atoms with Crippen molar-refractivity contribution in [2.75, 3.05) is 6.54 Å². The van der Waals surface area contributed by atoms with E-state index < -0.39 is 0 Å². The van der Waals surface area contributed by atoms with E-state index >= 15 is 0 Å². The summed E-state index contributed by atoms with van der Waals surface area (Å²) in [4.78, 5) is 12.1. The Bertz CT molecular complexity index is 224. The number of ketones is 1. The second-order valence-corrected chi connectivity index (χ2v) is 4.80. The first-order valence-corrected chi connectivity index (χ1v) is 6.20. The smallest absolute Gasteiger partial charge is 0.164 e. The van der Waals surface area contributed by atoms with Crippen LogP contribution in [-0.4, -0.2) is 24.5 Å². The van der Waals surface area contributed by atoms with Crippen molar-refractivity contribution in [1.82, 2.24) is 0 Å². The normalized spacial score (nSPS) is 33.1. The van der Waals surface area contributed by atoms with Crippen LogP contribution in [0.2, 0.25) is 0 Å². The fraction of sp³-hybridized carbons (Fsp3) is 0.917. The summed E-state index contributed by atoms with van der Waals surface area (Å²) in [5.74, 6) is 0.630. The molecule has 2 unspecified atom stereocenters. The van der Waals surface area contributed by atoms with Gasteiger partial charge in [-0.1, -0.05) is 19.3 Å². The van der Waals surface area contributed by atoms with E-state index in [9.17, 15) is 4.79 Å². The quantitative estimate of drug-likeness (QED) is 0.772. The molecule has 2 N–H and O–H groups in total. The van der Waals surface area contributed by atoms with Gasteiger partial charge in [0.15, 0.2) is 5.78 Å². The number of carbonyl (C=O) groups excluding carboxylic acids is 1. The van der Waals surface area contributed by atoms with Crippen molar-refractivity contribution in [2.45, 2.75) is 57.2 Å². The summed E-state index contributed by atoms with van der Waals surface area (Å²) in [6.07, 6.45) is 7.70. The zero-order valence-electron chi connectivity index (χ0n) is 9.28. The van der Waals surface area contributed by atoms with Gasteiger partial charge >= 0.3 is 0 Å². The van der Waals surface area contributed by atoms with E-state index in [1.807, 2.05) is 0 Å². The van der Waals surface area contributed by atoms with Crippen LogP contribution in [0.5, 0.6) is 0 Å². The first kappa shape index (κ1) is 11.1. The lowest BCUT2D eigenvalue weighted by Gasteiger charge is -2.23. The molecule has 0 aromatic rings. The van der Waals surface area contributed by atoms with Crippen LogP contribution in [0, 0.1) is 5.92 Å². The van der Waals surface area contributed by atoms with E-state index in [0.29, 0.717) is 12.3 Å². The molecule has 1 aliphatic carbocycles. The molecule has 0 radical (unpaired) electrons. The average molecular weight is 211 g/mol. The van der Waals surface area contributed by atoms with Crippen molar-refractivity contribution in [3.63, 3.8) is 0 Å². The highest BCUT2D eigenvalue weighted by Crippen LogP contribution is 2.29. The van der Waals surface area contributed by atoms with Gasteiger partial charge in [0, 0.05) is 12.5 Å². The molecule has 2 atom stereocenters. The molecule has 86 valence electrons. The van der Waals surface area contributed by atoms with Crippen LogP contribution in [0.4, 0.5) is 0 Å². The molecular weight excluding hydrogens is 190 g/mol. The van der Waals surface area contributed by atoms with Gasteiger partial charge in [-0.3, -0.25) is 4.79 Å². The van der Waals surface area contributed by atoms with E-state index in [2.05, 4.69) is 0 Å². The third-order valence-electron chi connectivity index (χ3n) is 3.70. The molecule has 0 spiro atoms. The summed E-state index contributed by atoms with van der Waals surface area (Å²) in [6, 6.07) is 0. The fourth-order valence-electron chi connectivity index (χ4n) is 2.74. The SMILES string of the molecule is NCC1CCC(C(=O)C2CCCCC2)O1. The Kier molecular flexibility index (Phi) is 3.76. The van der Waals surface area contributed by atoms with Crippen LogP contribution in [0.15, 0.2) is 0 Å². The summed E-state index contributed by atoms with van der Waals surface area (Å²) >= 11 is 0. The Morgan fingerprint density at radius 2 is 1.87 bits per heavy atom. The van der Waals surface area contributed by atoms with Crippen molar-refractivity contribution in [3.8, 4) is 0 Å². The number of rotatable bonds is 3. The Morgan fingerprint density at radius 1 is 1.13 bits per heavy atom. The minimum absolute atomic E-state index is 0.127. The first-order valence-electron chi connectivity index (χ1n) is 6.20. The molecule has 1 saturated carbocycles. The molecule has 15 heavy (non-hydrogen) atoms. The van der Waals surface area contributed by atoms with E-state index in [0.717, 1.165) is 25.7 Å². The first-order chi connectivity index (χ1) is 7.31. The summed E-state index contributed by atoms with van der Waals surface area (Å²) < 4.78 is 5.65. The lowest BCUT2D eigenvalue weighted by Crippen LogP contribution is -2.31. The van der Waals surface area contributed by atoms with Gasteiger partial charge in [-0.05, 0) is 25.7 Å². The molecule has 3 heteroatoms. The maximum absolute atomic E-state index is 12.1. The zero-order chi connectivity index (χ0) is 10.7. The predicted molar refractivity (Wildman–Crippen MR) is 58.5 cm³/mol. The van der Waals surface area contributed by atoms with Gasteiger partial charge in [0.2, 0.25) is 0 Å². The fourth-order valence-corrected chi connectivity index (χ4v) is 2.74. The summed E-state index contributed by atoms with van der Waals surface area (Å²) in [7, 11) is 0. The molecular formula is C12H21NO2. The second-order valence-electron chi connectivity index (χ2n) is 4.80. The number of hydrogen-bond donors (Lipinski definition) is 1. The predicted octanol–water partition coefficient (Wildman–Crippen LogP) is 1.64. The van der Waals surface area contributed by atoms with Gasteiger partial charge in [0.05, 0.1) is 6.10 Å². The molecule has 0 amide bonds. The molecule has 1 aliphatic heterocycles. The van der Waals surface area contributed by atoms with Gasteiger partial charge in [0.1, 0.15) is 6.10 Å². The summed E-state index contributed by atoms with van der Waals surface area (Å²) in [5.41, 5.74) is 5.54. The highest BCUT2D eigenvalue weighted by molar-refractivity contribution is 5.85. The van der Waals surface area contributed by atoms with Gasteiger partial charge in [-0.25, -0.2) is 0 Å². The second kappa shape index (κ2) is 5.08. The zero-order valence-corrected chi connectivity index (χ0v) is 9.28. The Balaban J connectivity index is 1.85. The highest BCUT2D eigenvalue weighted by atomic mass is 16.5. The monoisotopic (exact) mass is 211 g/mol. The number of Topliss-reactive ketones (excluding diaryl/α,β-unsaturated/α-hetero) is 1. The van der Waals surface area contributed by atoms with Gasteiger partial charge in [-0.15, -0.1) is 0 Å². The van der Waals surface area contributed by atoms with Gasteiger partial charge < -0.3 is 10.5 Å². The minimum atomic E-state index is -0.137. The maximum Gasteiger partial charge on any atom is 0.164 e. The Morgan fingerprint density at radius 3 is 2.47 bits per heavy atom. The number of hydrogen-bond acceptors (Lipinski definition) is 3. The molecule has 2 fully saturated rings. The van der Waals surface area contributed by atoms with Crippen molar-refractivity contribution < 1.29 is 9.53 Å². The van der Waals surface area contributed by atoms with E-state index in [4.69, 9.17) is 10.5 Å². The molecule has 0 aromatic heterocycles. The largest absolute Gasteiger partial charge is 0.366 e.